The Morgan fingerprint density at radius 1 is 1.67 bits per heavy atom. The zero-order chi connectivity index (χ0) is 6.53. The Bertz CT molecular complexity index is 71.5. The number of nitrogens with zero attached hydrogens (tertiary/aromatic N) is 1. The molecule has 0 radical (unpaired) electrons. The average Bonchev–Trinajstić information content (AvgIpc) is 2.34. The summed E-state index contributed by atoms with van der Waals surface area (Å²) in [6.07, 6.45) is 0. The van der Waals surface area contributed by atoms with Crippen LogP contribution in [0.15, 0.2) is 0 Å². The maximum Gasteiger partial charge on any atom is 0.0445 e. The van der Waals surface area contributed by atoms with Gasteiger partial charge in [0.2, 0.25) is 0 Å². The summed E-state index contributed by atoms with van der Waals surface area (Å²) in [5.74, 6) is 2.56. The van der Waals surface area contributed by atoms with Crippen LogP contribution < -0.4 is 5.32 Å². The van der Waals surface area contributed by atoms with E-state index in [2.05, 4.69) is 10.2 Å². The Morgan fingerprint density at radius 3 is 3.11 bits per heavy atom. The van der Waals surface area contributed by atoms with Crippen LogP contribution in [0.2, 0.25) is 0 Å². The van der Waals surface area contributed by atoms with E-state index >= 15 is 0 Å². The quantitative estimate of drug-likeness (QED) is 0.613. The highest BCUT2D eigenvalue weighted by atomic mass is 32.2. The fourth-order valence-electron chi connectivity index (χ4n) is 0.898. The molecule has 0 aliphatic carbocycles. The van der Waals surface area contributed by atoms with Crippen molar-refractivity contribution in [3.05, 3.63) is 0 Å². The molecular weight excluding hydrogens is 132 g/mol. The molecule has 0 amide bonds. The van der Waals surface area contributed by atoms with Crippen LogP contribution in [0.3, 0.4) is 0 Å². The zero-order valence-corrected chi connectivity index (χ0v) is 6.71. The van der Waals surface area contributed by atoms with Crippen molar-refractivity contribution in [2.45, 2.75) is 0 Å². The molecule has 0 spiro atoms. The topological polar surface area (TPSA) is 15.3 Å². The molecule has 0 aromatic heterocycles. The highest BCUT2D eigenvalue weighted by molar-refractivity contribution is 7.99. The normalized spacial score (nSPS) is 21.0. The lowest BCUT2D eigenvalue weighted by molar-refractivity contribution is 0.357. The lowest BCUT2D eigenvalue weighted by Crippen LogP contribution is -2.28. The second kappa shape index (κ2) is 4.14. The monoisotopic (exact) mass is 146 g/mol. The first-order valence-corrected chi connectivity index (χ1v) is 4.53. The fourth-order valence-corrected chi connectivity index (χ4v) is 1.93. The summed E-state index contributed by atoms with van der Waals surface area (Å²) in [6.45, 7) is 3.62. The molecule has 1 heterocycles. The van der Waals surface area contributed by atoms with Gasteiger partial charge in [0.15, 0.2) is 0 Å². The van der Waals surface area contributed by atoms with Crippen LogP contribution >= 0.6 is 11.8 Å². The van der Waals surface area contributed by atoms with Crippen molar-refractivity contribution in [2.75, 3.05) is 38.3 Å². The summed E-state index contributed by atoms with van der Waals surface area (Å²) in [4.78, 5) is 2.47. The van der Waals surface area contributed by atoms with E-state index in [1.165, 1.54) is 24.7 Å². The predicted octanol–water partition coefficient (Wildman–Crippen LogP) is 0.212. The van der Waals surface area contributed by atoms with Gasteiger partial charge in [-0.15, -0.1) is 11.8 Å². The molecule has 3 heteroatoms. The molecule has 0 aromatic rings. The zero-order valence-electron chi connectivity index (χ0n) is 5.89. The van der Waals surface area contributed by atoms with Crippen molar-refractivity contribution in [3.8, 4) is 0 Å². The lowest BCUT2D eigenvalue weighted by atomic mass is 10.5. The van der Waals surface area contributed by atoms with E-state index in [1.54, 1.807) is 0 Å². The number of likely N-dealkylation sites (N-methyl/N-ethyl adjacent to an activating group) is 1. The molecule has 9 heavy (non-hydrogen) atoms. The summed E-state index contributed by atoms with van der Waals surface area (Å²) in [7, 11) is 2.00. The number of hydrogen-bond donors (Lipinski definition) is 1. The molecular formula is C6H14N2S. The minimum Gasteiger partial charge on any atom is -0.318 e. The molecule has 1 aliphatic heterocycles. The fraction of sp³-hybridized carbons (Fsp3) is 1.00. The minimum atomic E-state index is 1.13. The summed E-state index contributed by atoms with van der Waals surface area (Å²) < 4.78 is 0. The molecule has 0 saturated carbocycles. The van der Waals surface area contributed by atoms with Gasteiger partial charge in [0, 0.05) is 31.3 Å². The molecule has 1 rings (SSSR count). The second-order valence-electron chi connectivity index (χ2n) is 2.26. The van der Waals surface area contributed by atoms with E-state index in [-0.39, 0.29) is 0 Å². The van der Waals surface area contributed by atoms with Crippen LogP contribution in [-0.4, -0.2) is 43.2 Å². The number of hydrogen-bond acceptors (Lipinski definition) is 3. The van der Waals surface area contributed by atoms with Crippen molar-refractivity contribution in [2.24, 2.45) is 0 Å². The summed E-state index contributed by atoms with van der Waals surface area (Å²) in [5.41, 5.74) is 0. The summed E-state index contributed by atoms with van der Waals surface area (Å²) >= 11 is 2.03. The largest absolute Gasteiger partial charge is 0.318 e. The molecule has 0 aromatic carbocycles. The molecule has 1 saturated heterocycles. The predicted molar refractivity (Wildman–Crippen MR) is 42.8 cm³/mol. The molecule has 0 unspecified atom stereocenters. The Morgan fingerprint density at radius 2 is 2.56 bits per heavy atom. The molecule has 1 fully saturated rings. The second-order valence-corrected chi connectivity index (χ2v) is 3.33. The van der Waals surface area contributed by atoms with Crippen molar-refractivity contribution in [1.29, 1.82) is 0 Å². The first-order valence-electron chi connectivity index (χ1n) is 3.38. The third-order valence-corrected chi connectivity index (χ3v) is 2.52. The van der Waals surface area contributed by atoms with Crippen LogP contribution in [0.5, 0.6) is 0 Å². The van der Waals surface area contributed by atoms with Gasteiger partial charge in [0.25, 0.3) is 0 Å². The first kappa shape index (κ1) is 7.38. The van der Waals surface area contributed by atoms with E-state index in [0.717, 1.165) is 6.54 Å². The van der Waals surface area contributed by atoms with Crippen LogP contribution in [0.1, 0.15) is 0 Å². The standard InChI is InChI=1S/C6H14N2S/c1-7-2-3-8-4-5-9-6-8/h7H,2-6H2,1H3. The van der Waals surface area contributed by atoms with Gasteiger partial charge in [-0.05, 0) is 7.05 Å². The van der Waals surface area contributed by atoms with Crippen molar-refractivity contribution < 1.29 is 0 Å². The van der Waals surface area contributed by atoms with Gasteiger partial charge in [-0.25, -0.2) is 0 Å². The molecule has 1 N–H and O–H groups in total. The van der Waals surface area contributed by atoms with Gasteiger partial charge >= 0.3 is 0 Å². The average molecular weight is 146 g/mol. The molecule has 1 aliphatic rings. The van der Waals surface area contributed by atoms with E-state index in [1.807, 2.05) is 18.8 Å². The van der Waals surface area contributed by atoms with Crippen LogP contribution in [-0.2, 0) is 0 Å². The summed E-state index contributed by atoms with van der Waals surface area (Å²) in [6, 6.07) is 0. The van der Waals surface area contributed by atoms with Gasteiger partial charge < -0.3 is 5.32 Å². The first-order chi connectivity index (χ1) is 4.43. The van der Waals surface area contributed by atoms with E-state index in [9.17, 15) is 0 Å². The van der Waals surface area contributed by atoms with Crippen LogP contribution in [0.25, 0.3) is 0 Å². The highest BCUT2D eigenvalue weighted by Crippen LogP contribution is 2.11. The third-order valence-electron chi connectivity index (χ3n) is 1.50. The van der Waals surface area contributed by atoms with Crippen molar-refractivity contribution in [3.63, 3.8) is 0 Å². The number of thioether (sulfide) groups is 1. The third kappa shape index (κ3) is 2.56. The SMILES string of the molecule is CNCCN1CCSC1. The van der Waals surface area contributed by atoms with Gasteiger partial charge in [-0.3, -0.25) is 4.90 Å². The van der Waals surface area contributed by atoms with Crippen LogP contribution in [0.4, 0.5) is 0 Å². The van der Waals surface area contributed by atoms with E-state index < -0.39 is 0 Å². The maximum absolute atomic E-state index is 3.14. The van der Waals surface area contributed by atoms with Crippen molar-refractivity contribution >= 4 is 11.8 Å². The van der Waals surface area contributed by atoms with Gasteiger partial charge in [0.1, 0.15) is 0 Å². The number of rotatable bonds is 3. The Hall–Kier alpha value is 0.270. The van der Waals surface area contributed by atoms with Gasteiger partial charge in [-0.1, -0.05) is 0 Å². The van der Waals surface area contributed by atoms with Gasteiger partial charge in [0.05, 0.1) is 0 Å². The van der Waals surface area contributed by atoms with E-state index in [0.29, 0.717) is 0 Å². The Balaban J connectivity index is 1.98. The maximum atomic E-state index is 3.14. The molecule has 0 atom stereocenters. The smallest absolute Gasteiger partial charge is 0.0445 e. The number of nitrogens with one attached hydrogen (secondary N) is 1. The Labute approximate surface area is 61.0 Å². The minimum absolute atomic E-state index is 1.13. The Kier molecular flexibility index (Phi) is 3.40. The van der Waals surface area contributed by atoms with Gasteiger partial charge in [-0.2, -0.15) is 0 Å². The van der Waals surface area contributed by atoms with Crippen molar-refractivity contribution in [1.82, 2.24) is 10.2 Å². The molecule has 54 valence electrons. The lowest BCUT2D eigenvalue weighted by Gasteiger charge is -2.11. The highest BCUT2D eigenvalue weighted by Gasteiger charge is 2.09. The van der Waals surface area contributed by atoms with Crippen LogP contribution in [0, 0.1) is 0 Å². The molecule has 2 nitrogen and oxygen atoms in total. The summed E-state index contributed by atoms with van der Waals surface area (Å²) in [5, 5.41) is 3.14. The van der Waals surface area contributed by atoms with E-state index in [4.69, 9.17) is 0 Å². The molecule has 0 bridgehead atoms.